The SMILES string of the molecule is CC(=O)c1ccc(N(C)Cc2ccoc2)cc1. The first kappa shape index (κ1) is 11.5. The van der Waals surface area contributed by atoms with Crippen LogP contribution in [0.15, 0.2) is 47.3 Å². The van der Waals surface area contributed by atoms with Crippen molar-refractivity contribution in [2.24, 2.45) is 0 Å². The summed E-state index contributed by atoms with van der Waals surface area (Å²) in [6, 6.07) is 9.56. The molecule has 0 unspecified atom stereocenters. The van der Waals surface area contributed by atoms with E-state index in [2.05, 4.69) is 4.90 Å². The molecule has 2 aromatic rings. The van der Waals surface area contributed by atoms with Crippen LogP contribution in [0.25, 0.3) is 0 Å². The van der Waals surface area contributed by atoms with Crippen LogP contribution in [-0.4, -0.2) is 12.8 Å². The molecule has 0 N–H and O–H groups in total. The molecular formula is C14H15NO2. The average Bonchev–Trinajstić information content (AvgIpc) is 2.82. The van der Waals surface area contributed by atoms with E-state index < -0.39 is 0 Å². The van der Waals surface area contributed by atoms with Crippen molar-refractivity contribution in [1.29, 1.82) is 0 Å². The van der Waals surface area contributed by atoms with Gasteiger partial charge in [-0.25, -0.2) is 0 Å². The van der Waals surface area contributed by atoms with Gasteiger partial charge in [0.2, 0.25) is 0 Å². The van der Waals surface area contributed by atoms with Gasteiger partial charge in [0.05, 0.1) is 12.5 Å². The lowest BCUT2D eigenvalue weighted by molar-refractivity contribution is 0.101. The number of benzene rings is 1. The monoisotopic (exact) mass is 229 g/mol. The average molecular weight is 229 g/mol. The zero-order valence-corrected chi connectivity index (χ0v) is 10.0. The molecule has 0 amide bonds. The molecule has 0 aliphatic carbocycles. The standard InChI is InChI=1S/C14H15NO2/c1-11(16)13-3-5-14(6-4-13)15(2)9-12-7-8-17-10-12/h3-8,10H,9H2,1-2H3. The Hall–Kier alpha value is -2.03. The Morgan fingerprint density at radius 3 is 2.47 bits per heavy atom. The number of furan rings is 1. The Labute approximate surface area is 101 Å². The van der Waals surface area contributed by atoms with Crippen molar-refractivity contribution >= 4 is 11.5 Å². The number of hydrogen-bond donors (Lipinski definition) is 0. The zero-order chi connectivity index (χ0) is 12.3. The number of carbonyl (C=O) groups excluding carboxylic acids is 1. The van der Waals surface area contributed by atoms with E-state index in [9.17, 15) is 4.79 Å². The molecule has 0 aliphatic heterocycles. The Balaban J connectivity index is 2.09. The number of ketones is 1. The fourth-order valence-electron chi connectivity index (χ4n) is 1.70. The van der Waals surface area contributed by atoms with Crippen LogP contribution in [0.2, 0.25) is 0 Å². The Morgan fingerprint density at radius 2 is 1.94 bits per heavy atom. The molecule has 0 saturated carbocycles. The minimum atomic E-state index is 0.0917. The van der Waals surface area contributed by atoms with Gasteiger partial charge in [0.25, 0.3) is 0 Å². The first-order valence-electron chi connectivity index (χ1n) is 5.50. The summed E-state index contributed by atoms with van der Waals surface area (Å²) in [5.41, 5.74) is 2.95. The fourth-order valence-corrected chi connectivity index (χ4v) is 1.70. The fraction of sp³-hybridized carbons (Fsp3) is 0.214. The second-order valence-electron chi connectivity index (χ2n) is 4.09. The van der Waals surface area contributed by atoms with Crippen LogP contribution in [0.1, 0.15) is 22.8 Å². The van der Waals surface area contributed by atoms with Gasteiger partial charge in [-0.05, 0) is 37.3 Å². The van der Waals surface area contributed by atoms with Crippen molar-refractivity contribution in [3.05, 3.63) is 54.0 Å². The van der Waals surface area contributed by atoms with E-state index >= 15 is 0 Å². The third-order valence-electron chi connectivity index (χ3n) is 2.71. The molecule has 2 rings (SSSR count). The number of Topliss-reactive ketones (excluding diaryl/α,β-unsaturated/α-hetero) is 1. The Bertz CT molecular complexity index is 485. The highest BCUT2D eigenvalue weighted by Gasteiger charge is 2.04. The number of carbonyl (C=O) groups is 1. The predicted octanol–water partition coefficient (Wildman–Crippen LogP) is 3.12. The number of nitrogens with zero attached hydrogens (tertiary/aromatic N) is 1. The summed E-state index contributed by atoms with van der Waals surface area (Å²) in [4.78, 5) is 13.3. The highest BCUT2D eigenvalue weighted by atomic mass is 16.3. The van der Waals surface area contributed by atoms with Crippen LogP contribution in [0.4, 0.5) is 5.69 Å². The smallest absolute Gasteiger partial charge is 0.159 e. The molecule has 0 radical (unpaired) electrons. The quantitative estimate of drug-likeness (QED) is 0.755. The van der Waals surface area contributed by atoms with E-state index in [0.29, 0.717) is 0 Å². The molecule has 0 bridgehead atoms. The van der Waals surface area contributed by atoms with Crippen LogP contribution >= 0.6 is 0 Å². The normalized spacial score (nSPS) is 10.2. The van der Waals surface area contributed by atoms with Crippen LogP contribution in [0.3, 0.4) is 0 Å². The van der Waals surface area contributed by atoms with Gasteiger partial charge in [0.1, 0.15) is 0 Å². The molecule has 88 valence electrons. The predicted molar refractivity (Wildman–Crippen MR) is 67.3 cm³/mol. The zero-order valence-electron chi connectivity index (χ0n) is 10.0. The maximum Gasteiger partial charge on any atom is 0.159 e. The van der Waals surface area contributed by atoms with Crippen molar-refractivity contribution in [2.75, 3.05) is 11.9 Å². The first-order valence-corrected chi connectivity index (χ1v) is 5.50. The summed E-state index contributed by atoms with van der Waals surface area (Å²) in [6.45, 7) is 2.36. The van der Waals surface area contributed by atoms with Crippen molar-refractivity contribution in [3.63, 3.8) is 0 Å². The van der Waals surface area contributed by atoms with E-state index in [0.717, 1.165) is 23.4 Å². The molecule has 17 heavy (non-hydrogen) atoms. The van der Waals surface area contributed by atoms with Crippen molar-refractivity contribution < 1.29 is 9.21 Å². The summed E-state index contributed by atoms with van der Waals surface area (Å²) in [7, 11) is 2.01. The molecule has 0 atom stereocenters. The van der Waals surface area contributed by atoms with Crippen LogP contribution in [0, 0.1) is 0 Å². The molecule has 1 heterocycles. The second kappa shape index (κ2) is 4.87. The third kappa shape index (κ3) is 2.75. The van der Waals surface area contributed by atoms with Gasteiger partial charge in [0.15, 0.2) is 5.78 Å². The van der Waals surface area contributed by atoms with Crippen molar-refractivity contribution in [2.45, 2.75) is 13.5 Å². The van der Waals surface area contributed by atoms with Crippen molar-refractivity contribution in [1.82, 2.24) is 0 Å². The lowest BCUT2D eigenvalue weighted by atomic mass is 10.1. The Kier molecular flexibility index (Phi) is 3.28. The summed E-state index contributed by atoms with van der Waals surface area (Å²) in [6.07, 6.45) is 3.41. The Morgan fingerprint density at radius 1 is 1.24 bits per heavy atom. The van der Waals surface area contributed by atoms with E-state index in [4.69, 9.17) is 4.42 Å². The van der Waals surface area contributed by atoms with Gasteiger partial charge >= 0.3 is 0 Å². The van der Waals surface area contributed by atoms with Gasteiger partial charge in [-0.3, -0.25) is 4.79 Å². The number of hydrogen-bond acceptors (Lipinski definition) is 3. The van der Waals surface area contributed by atoms with Gasteiger partial charge in [0, 0.05) is 30.4 Å². The lowest BCUT2D eigenvalue weighted by Crippen LogP contribution is -2.15. The van der Waals surface area contributed by atoms with Crippen LogP contribution in [0.5, 0.6) is 0 Å². The van der Waals surface area contributed by atoms with E-state index in [-0.39, 0.29) is 5.78 Å². The third-order valence-corrected chi connectivity index (χ3v) is 2.71. The molecule has 0 fully saturated rings. The van der Waals surface area contributed by atoms with Gasteiger partial charge in [-0.1, -0.05) is 0 Å². The molecule has 0 aliphatic rings. The van der Waals surface area contributed by atoms with Gasteiger partial charge in [-0.15, -0.1) is 0 Å². The lowest BCUT2D eigenvalue weighted by Gasteiger charge is -2.18. The maximum atomic E-state index is 11.2. The minimum Gasteiger partial charge on any atom is -0.472 e. The number of rotatable bonds is 4. The summed E-state index contributed by atoms with van der Waals surface area (Å²) in [5, 5.41) is 0. The molecular weight excluding hydrogens is 214 g/mol. The van der Waals surface area contributed by atoms with E-state index in [1.165, 1.54) is 0 Å². The molecule has 3 heteroatoms. The molecule has 1 aromatic heterocycles. The second-order valence-corrected chi connectivity index (χ2v) is 4.09. The largest absolute Gasteiger partial charge is 0.472 e. The first-order chi connectivity index (χ1) is 8.16. The van der Waals surface area contributed by atoms with Crippen LogP contribution < -0.4 is 4.90 Å². The van der Waals surface area contributed by atoms with Gasteiger partial charge < -0.3 is 9.32 Å². The molecule has 0 saturated heterocycles. The highest BCUT2D eigenvalue weighted by molar-refractivity contribution is 5.94. The highest BCUT2D eigenvalue weighted by Crippen LogP contribution is 2.16. The van der Waals surface area contributed by atoms with E-state index in [1.54, 1.807) is 19.5 Å². The topological polar surface area (TPSA) is 33.5 Å². The maximum absolute atomic E-state index is 11.2. The van der Waals surface area contributed by atoms with Gasteiger partial charge in [-0.2, -0.15) is 0 Å². The molecule has 0 spiro atoms. The van der Waals surface area contributed by atoms with E-state index in [1.807, 2.05) is 37.4 Å². The molecule has 3 nitrogen and oxygen atoms in total. The summed E-state index contributed by atoms with van der Waals surface area (Å²) < 4.78 is 5.03. The van der Waals surface area contributed by atoms with Crippen molar-refractivity contribution in [3.8, 4) is 0 Å². The summed E-state index contributed by atoms with van der Waals surface area (Å²) >= 11 is 0. The molecule has 1 aromatic carbocycles. The number of anilines is 1. The minimum absolute atomic E-state index is 0.0917. The summed E-state index contributed by atoms with van der Waals surface area (Å²) in [5.74, 6) is 0.0917. The van der Waals surface area contributed by atoms with Crippen LogP contribution in [-0.2, 0) is 6.54 Å².